The first-order chi connectivity index (χ1) is 8.22. The van der Waals surface area contributed by atoms with Crippen LogP contribution >= 0.6 is 0 Å². The first kappa shape index (κ1) is 14.0. The molecule has 1 rings (SSSR count). The molecule has 0 aliphatic carbocycles. The molecule has 0 saturated carbocycles. The zero-order chi connectivity index (χ0) is 12.7. The molecule has 0 bridgehead atoms. The number of hydrogen-bond donors (Lipinski definition) is 1. The van der Waals surface area contributed by atoms with E-state index in [0.717, 1.165) is 18.7 Å². The van der Waals surface area contributed by atoms with E-state index in [-0.39, 0.29) is 12.1 Å². The molecule has 0 saturated heterocycles. The summed E-state index contributed by atoms with van der Waals surface area (Å²) in [7, 11) is 3.43. The highest BCUT2D eigenvalue weighted by Crippen LogP contribution is 2.21. The van der Waals surface area contributed by atoms with Crippen molar-refractivity contribution in [2.24, 2.45) is 0 Å². The van der Waals surface area contributed by atoms with Crippen LogP contribution in [0.2, 0.25) is 0 Å². The minimum absolute atomic E-state index is 0.148. The first-order valence-corrected chi connectivity index (χ1v) is 6.13. The van der Waals surface area contributed by atoms with E-state index in [1.807, 2.05) is 12.1 Å². The average Bonchev–Trinajstić information content (AvgIpc) is 2.39. The summed E-state index contributed by atoms with van der Waals surface area (Å²) in [5.74, 6) is 0.882. The molecule has 96 valence electrons. The Morgan fingerprint density at radius 1 is 1.18 bits per heavy atom. The molecule has 1 aromatic rings. The maximum absolute atomic E-state index is 5.43. The van der Waals surface area contributed by atoms with Crippen molar-refractivity contribution in [3.05, 3.63) is 29.8 Å². The van der Waals surface area contributed by atoms with Gasteiger partial charge < -0.3 is 14.8 Å². The minimum atomic E-state index is 0.148. The highest BCUT2D eigenvalue weighted by Gasteiger charge is 2.17. The maximum atomic E-state index is 5.43. The average molecular weight is 237 g/mol. The van der Waals surface area contributed by atoms with Crippen molar-refractivity contribution in [2.45, 2.75) is 32.4 Å². The molecule has 0 fully saturated rings. The first-order valence-electron chi connectivity index (χ1n) is 6.13. The molecule has 1 N–H and O–H groups in total. The van der Waals surface area contributed by atoms with Crippen molar-refractivity contribution >= 4 is 0 Å². The van der Waals surface area contributed by atoms with Crippen LogP contribution in [0.4, 0.5) is 0 Å². The van der Waals surface area contributed by atoms with Gasteiger partial charge in [0.25, 0.3) is 0 Å². The fourth-order valence-corrected chi connectivity index (χ4v) is 1.80. The van der Waals surface area contributed by atoms with Crippen molar-refractivity contribution in [3.8, 4) is 5.75 Å². The molecule has 0 radical (unpaired) electrons. The molecule has 17 heavy (non-hydrogen) atoms. The van der Waals surface area contributed by atoms with Gasteiger partial charge in [-0.15, -0.1) is 0 Å². The van der Waals surface area contributed by atoms with Crippen molar-refractivity contribution in [3.63, 3.8) is 0 Å². The second kappa shape index (κ2) is 7.30. The van der Waals surface area contributed by atoms with Crippen LogP contribution in [0.15, 0.2) is 24.3 Å². The Morgan fingerprint density at radius 3 is 2.29 bits per heavy atom. The molecule has 0 aliphatic rings. The normalized spacial score (nSPS) is 14.4. The van der Waals surface area contributed by atoms with Gasteiger partial charge in [-0.2, -0.15) is 0 Å². The van der Waals surface area contributed by atoms with Crippen LogP contribution < -0.4 is 10.1 Å². The quantitative estimate of drug-likeness (QED) is 0.791. The summed E-state index contributed by atoms with van der Waals surface area (Å²) in [6.07, 6.45) is 1.26. The monoisotopic (exact) mass is 237 g/mol. The van der Waals surface area contributed by atoms with Gasteiger partial charge in [0.05, 0.1) is 19.3 Å². The molecule has 3 heteroatoms. The fourth-order valence-electron chi connectivity index (χ4n) is 1.80. The number of ether oxygens (including phenoxy) is 2. The van der Waals surface area contributed by atoms with Crippen LogP contribution in [0.1, 0.15) is 31.9 Å². The summed E-state index contributed by atoms with van der Waals surface area (Å²) in [5, 5.41) is 3.51. The summed E-state index contributed by atoms with van der Waals surface area (Å²) >= 11 is 0. The Kier molecular flexibility index (Phi) is 6.01. The van der Waals surface area contributed by atoms with Gasteiger partial charge in [-0.05, 0) is 37.6 Å². The molecule has 0 amide bonds. The second-order valence-electron chi connectivity index (χ2n) is 4.15. The van der Waals surface area contributed by atoms with Gasteiger partial charge in [-0.25, -0.2) is 0 Å². The lowest BCUT2D eigenvalue weighted by Gasteiger charge is -2.24. The molecular formula is C14H23NO2. The fraction of sp³-hybridized carbons (Fsp3) is 0.571. The van der Waals surface area contributed by atoms with Gasteiger partial charge in [0, 0.05) is 7.11 Å². The molecule has 0 spiro atoms. The van der Waals surface area contributed by atoms with E-state index in [1.54, 1.807) is 14.2 Å². The Labute approximate surface area is 104 Å². The van der Waals surface area contributed by atoms with E-state index >= 15 is 0 Å². The summed E-state index contributed by atoms with van der Waals surface area (Å²) in [6.45, 7) is 5.23. The molecule has 0 aromatic heterocycles. The van der Waals surface area contributed by atoms with Gasteiger partial charge >= 0.3 is 0 Å². The standard InChI is InChI=1S/C14H23NO2/c1-5-10-15-14(11(2)16-3)12-6-8-13(17-4)9-7-12/h6-9,11,14-15H,5,10H2,1-4H3. The largest absolute Gasteiger partial charge is 0.497 e. The highest BCUT2D eigenvalue weighted by atomic mass is 16.5. The zero-order valence-electron chi connectivity index (χ0n) is 11.2. The Hall–Kier alpha value is -1.06. The molecule has 1 aromatic carbocycles. The molecule has 0 aliphatic heterocycles. The van der Waals surface area contributed by atoms with E-state index in [1.165, 1.54) is 5.56 Å². The van der Waals surface area contributed by atoms with Gasteiger partial charge in [0.15, 0.2) is 0 Å². The number of hydrogen-bond acceptors (Lipinski definition) is 3. The molecular weight excluding hydrogens is 214 g/mol. The van der Waals surface area contributed by atoms with Gasteiger partial charge in [0.2, 0.25) is 0 Å². The smallest absolute Gasteiger partial charge is 0.118 e. The molecule has 3 nitrogen and oxygen atoms in total. The third-order valence-electron chi connectivity index (χ3n) is 2.93. The van der Waals surface area contributed by atoms with Gasteiger partial charge in [0.1, 0.15) is 5.75 Å². The summed E-state index contributed by atoms with van der Waals surface area (Å²) in [6, 6.07) is 8.37. The van der Waals surface area contributed by atoms with Gasteiger partial charge in [-0.3, -0.25) is 0 Å². The highest BCUT2D eigenvalue weighted by molar-refractivity contribution is 5.29. The number of nitrogens with one attached hydrogen (secondary N) is 1. The van der Waals surface area contributed by atoms with Gasteiger partial charge in [-0.1, -0.05) is 19.1 Å². The van der Waals surface area contributed by atoms with Crippen molar-refractivity contribution in [1.29, 1.82) is 0 Å². The van der Waals surface area contributed by atoms with Crippen molar-refractivity contribution in [1.82, 2.24) is 5.32 Å². The number of rotatable bonds is 7. The lowest BCUT2D eigenvalue weighted by molar-refractivity contribution is 0.0830. The van der Waals surface area contributed by atoms with Crippen LogP contribution in [0.25, 0.3) is 0 Å². The molecule has 2 unspecified atom stereocenters. The Balaban J connectivity index is 2.79. The summed E-state index contributed by atoms with van der Waals surface area (Å²) in [4.78, 5) is 0. The SMILES string of the molecule is CCCNC(c1ccc(OC)cc1)C(C)OC. The van der Waals surface area contributed by atoms with Crippen LogP contribution in [0, 0.1) is 0 Å². The minimum Gasteiger partial charge on any atom is -0.497 e. The lowest BCUT2D eigenvalue weighted by atomic mass is 10.0. The molecule has 0 heterocycles. The third kappa shape index (κ3) is 4.02. The maximum Gasteiger partial charge on any atom is 0.118 e. The predicted octanol–water partition coefficient (Wildman–Crippen LogP) is 2.77. The van der Waals surface area contributed by atoms with E-state index in [4.69, 9.17) is 9.47 Å². The third-order valence-corrected chi connectivity index (χ3v) is 2.93. The van der Waals surface area contributed by atoms with Crippen LogP contribution in [0.5, 0.6) is 5.75 Å². The van der Waals surface area contributed by atoms with E-state index in [0.29, 0.717) is 0 Å². The molecule has 2 atom stereocenters. The van der Waals surface area contributed by atoms with E-state index < -0.39 is 0 Å². The van der Waals surface area contributed by atoms with E-state index in [9.17, 15) is 0 Å². The zero-order valence-corrected chi connectivity index (χ0v) is 11.2. The van der Waals surface area contributed by atoms with Crippen molar-refractivity contribution in [2.75, 3.05) is 20.8 Å². The summed E-state index contributed by atoms with van der Waals surface area (Å²) < 4.78 is 10.6. The Bertz CT molecular complexity index is 311. The van der Waals surface area contributed by atoms with Crippen LogP contribution in [0.3, 0.4) is 0 Å². The number of benzene rings is 1. The van der Waals surface area contributed by atoms with Crippen LogP contribution in [-0.2, 0) is 4.74 Å². The Morgan fingerprint density at radius 2 is 1.82 bits per heavy atom. The second-order valence-corrected chi connectivity index (χ2v) is 4.15. The predicted molar refractivity (Wildman–Crippen MR) is 70.5 cm³/mol. The van der Waals surface area contributed by atoms with Crippen molar-refractivity contribution < 1.29 is 9.47 Å². The lowest BCUT2D eigenvalue weighted by Crippen LogP contribution is -2.31. The summed E-state index contributed by atoms with van der Waals surface area (Å²) in [5.41, 5.74) is 1.23. The van der Waals surface area contributed by atoms with Crippen LogP contribution in [-0.4, -0.2) is 26.9 Å². The number of methoxy groups -OCH3 is 2. The van der Waals surface area contributed by atoms with E-state index in [2.05, 4.69) is 31.3 Å². The topological polar surface area (TPSA) is 30.5 Å².